The Morgan fingerprint density at radius 1 is 1.29 bits per heavy atom. The summed E-state index contributed by atoms with van der Waals surface area (Å²) in [6.45, 7) is 4.99. The number of hydrogen-bond acceptors (Lipinski definition) is 3. The zero-order valence-corrected chi connectivity index (χ0v) is 18.8. The van der Waals surface area contributed by atoms with Gasteiger partial charge in [-0.05, 0) is 20.9 Å². The Labute approximate surface area is 166 Å². The van der Waals surface area contributed by atoms with Gasteiger partial charge in [-0.1, -0.05) is 17.8 Å². The first-order chi connectivity index (χ1) is 10.3. The van der Waals surface area contributed by atoms with E-state index in [1.54, 1.807) is 43.7 Å². The molecule has 0 aliphatic carbocycles. The smallest absolute Gasteiger partial charge is 0.402 e. The molecule has 2 aromatic rings. The average molecular weight is 552 g/mol. The van der Waals surface area contributed by atoms with Crippen LogP contribution in [0.5, 0.6) is 0 Å². The predicted octanol–water partition coefficient (Wildman–Crippen LogP) is 2.13. The summed E-state index contributed by atoms with van der Waals surface area (Å²) in [7, 11) is 1.77. The molecule has 24 heavy (non-hydrogen) atoms. The molecule has 1 aromatic carbocycles. The van der Waals surface area contributed by atoms with E-state index in [2.05, 4.69) is 11.4 Å². The molecule has 6 heteroatoms. The van der Waals surface area contributed by atoms with E-state index in [0.29, 0.717) is 10.9 Å². The van der Waals surface area contributed by atoms with Crippen molar-refractivity contribution < 1.29 is 40.7 Å². The number of Topliss-reactive ketones (excluding diaryl/α,β-unsaturated/α-hetero) is 1. The fraction of sp³-hybridized carbons (Fsp3) is 0.333. The molecule has 126 valence electrons. The maximum Gasteiger partial charge on any atom is 2.00 e. The van der Waals surface area contributed by atoms with Gasteiger partial charge in [-0.3, -0.25) is 14.4 Å². The number of nitrogens with zero attached hydrogens (tertiary/aromatic N) is 1. The second kappa shape index (κ2) is 9.20. The molecule has 0 saturated carbocycles. The van der Waals surface area contributed by atoms with Crippen molar-refractivity contribution >= 4 is 22.6 Å². The fourth-order valence-electron chi connectivity index (χ4n) is 2.30. The molecule has 0 spiro atoms. The molecule has 0 bridgehead atoms. The molecular weight excluding hydrogens is 530 g/mol. The van der Waals surface area contributed by atoms with Crippen LogP contribution in [-0.2, 0) is 11.8 Å². The zero-order valence-electron chi connectivity index (χ0n) is 14.6. The van der Waals surface area contributed by atoms with Crippen LogP contribution in [0.1, 0.15) is 31.1 Å². The van der Waals surface area contributed by atoms with Crippen LogP contribution in [0.2, 0.25) is 0 Å². The van der Waals surface area contributed by atoms with Gasteiger partial charge < -0.3 is 17.3 Å². The van der Waals surface area contributed by atoms with Crippen molar-refractivity contribution in [1.29, 1.82) is 0 Å². The van der Waals surface area contributed by atoms with Crippen molar-refractivity contribution in [2.75, 3.05) is 0 Å². The topological polar surface area (TPSA) is 68.2 Å². The summed E-state index contributed by atoms with van der Waals surface area (Å²) in [4.78, 5) is 36.2. The van der Waals surface area contributed by atoms with Crippen molar-refractivity contribution in [3.63, 3.8) is 0 Å². The molecule has 1 amide bonds. The summed E-state index contributed by atoms with van der Waals surface area (Å²) >= 11 is 0. The Kier molecular flexibility index (Phi) is 8.67. The number of aryl methyl sites for hydroxylation is 1. The second-order valence-corrected chi connectivity index (χ2v) is 5.59. The number of ketones is 1. The van der Waals surface area contributed by atoms with E-state index in [0.717, 1.165) is 0 Å². The Hall–Kier alpha value is -1.38. The van der Waals surface area contributed by atoms with E-state index in [-0.39, 0.29) is 67.3 Å². The molecule has 2 rings (SSSR count). The number of carbonyl (C=O) groups is 2. The average Bonchev–Trinajstić information content (AvgIpc) is 2.49. The van der Waals surface area contributed by atoms with Crippen LogP contribution in [0.25, 0.3) is 10.9 Å². The Morgan fingerprint density at radius 2 is 1.92 bits per heavy atom. The molecule has 1 heterocycles. The molecule has 0 radical (unpaired) electrons. The molecule has 0 fully saturated rings. The SMILES string of the molecule is CC(=O)C(C)C(C)NC(=O)c1cn(C)c2c[c-]ccc2c1=O.[CH3-].[U+2]. The van der Waals surface area contributed by atoms with Crippen molar-refractivity contribution in [2.24, 2.45) is 13.0 Å². The third-order valence-corrected chi connectivity index (χ3v) is 4.03. The molecule has 5 nitrogen and oxygen atoms in total. The largest absolute Gasteiger partial charge is 2.00 e. The summed E-state index contributed by atoms with van der Waals surface area (Å²) in [6.07, 6.45) is 1.51. The Balaban J connectivity index is 0.00000264. The van der Waals surface area contributed by atoms with Gasteiger partial charge in [0.2, 0.25) is 0 Å². The quantitative estimate of drug-likeness (QED) is 0.592. The number of carbonyl (C=O) groups excluding carboxylic acids is 2. The first-order valence-corrected chi connectivity index (χ1v) is 7.13. The van der Waals surface area contributed by atoms with Gasteiger partial charge >= 0.3 is 31.1 Å². The van der Waals surface area contributed by atoms with Gasteiger partial charge in [0.25, 0.3) is 5.91 Å². The van der Waals surface area contributed by atoms with E-state index >= 15 is 0 Å². The first kappa shape index (κ1) is 22.6. The number of fused-ring (bicyclic) bond motifs is 1. The van der Waals surface area contributed by atoms with E-state index in [1.807, 2.05) is 0 Å². The number of pyridine rings is 1. The molecule has 2 unspecified atom stereocenters. The van der Waals surface area contributed by atoms with Gasteiger partial charge in [-0.2, -0.15) is 24.3 Å². The summed E-state index contributed by atoms with van der Waals surface area (Å²) in [5.74, 6) is -0.770. The number of amides is 1. The standard InChI is InChI=1S/C17H19N2O3.CH3.U/c1-10(12(3)20)11(2)18-17(22)14-9-19(4)15-8-6-5-7-13(15)16(14)21;;/h5,7-11H,1-4H3,(H,18,22);1H3;/q2*-1;+2. The molecule has 1 aromatic heterocycles. The van der Waals surface area contributed by atoms with E-state index in [4.69, 9.17) is 0 Å². The third kappa shape index (κ3) is 4.58. The first-order valence-electron chi connectivity index (χ1n) is 7.13. The van der Waals surface area contributed by atoms with E-state index in [9.17, 15) is 14.4 Å². The predicted molar refractivity (Wildman–Crippen MR) is 91.2 cm³/mol. The van der Waals surface area contributed by atoms with Gasteiger partial charge in [0.15, 0.2) is 5.43 Å². The number of nitrogens with one attached hydrogen (secondary N) is 1. The van der Waals surface area contributed by atoms with Crippen LogP contribution in [0.4, 0.5) is 0 Å². The number of aromatic nitrogens is 1. The van der Waals surface area contributed by atoms with Gasteiger partial charge in [0, 0.05) is 18.2 Å². The number of benzene rings is 1. The Morgan fingerprint density at radius 3 is 2.50 bits per heavy atom. The molecule has 0 aliphatic heterocycles. The van der Waals surface area contributed by atoms with Crippen LogP contribution in [0.3, 0.4) is 0 Å². The molecule has 1 N–H and O–H groups in total. The van der Waals surface area contributed by atoms with Crippen LogP contribution < -0.4 is 10.7 Å². The van der Waals surface area contributed by atoms with Gasteiger partial charge in [0.05, 0.1) is 0 Å². The van der Waals surface area contributed by atoms with Crippen LogP contribution in [0, 0.1) is 50.5 Å². The molecule has 2 atom stereocenters. The minimum atomic E-state index is -0.462. The van der Waals surface area contributed by atoms with Gasteiger partial charge in [0.1, 0.15) is 11.3 Å². The molecule has 0 aliphatic rings. The Bertz CT molecular complexity index is 798. The normalized spacial score (nSPS) is 12.5. The zero-order chi connectivity index (χ0) is 16.4. The van der Waals surface area contributed by atoms with Crippen molar-refractivity contribution in [3.05, 3.63) is 53.7 Å². The van der Waals surface area contributed by atoms with Crippen molar-refractivity contribution in [1.82, 2.24) is 9.88 Å². The van der Waals surface area contributed by atoms with Gasteiger partial charge in [-0.25, -0.2) is 0 Å². The monoisotopic (exact) mass is 552 g/mol. The minimum absolute atomic E-state index is 0. The van der Waals surface area contributed by atoms with Crippen LogP contribution in [0.15, 0.2) is 29.2 Å². The van der Waals surface area contributed by atoms with Crippen molar-refractivity contribution in [3.8, 4) is 0 Å². The third-order valence-electron chi connectivity index (χ3n) is 4.03. The van der Waals surface area contributed by atoms with E-state index < -0.39 is 5.91 Å². The van der Waals surface area contributed by atoms with Crippen molar-refractivity contribution in [2.45, 2.75) is 26.8 Å². The van der Waals surface area contributed by atoms with Crippen LogP contribution >= 0.6 is 0 Å². The minimum Gasteiger partial charge on any atom is -0.402 e. The van der Waals surface area contributed by atoms with Gasteiger partial charge in [-0.15, -0.1) is 0 Å². The summed E-state index contributed by atoms with van der Waals surface area (Å²) in [5, 5.41) is 3.20. The maximum atomic E-state index is 12.5. The summed E-state index contributed by atoms with van der Waals surface area (Å²) in [5.41, 5.74) is 0.472. The summed E-state index contributed by atoms with van der Waals surface area (Å²) < 4.78 is 1.72. The maximum absolute atomic E-state index is 12.5. The summed E-state index contributed by atoms with van der Waals surface area (Å²) in [6, 6.07) is 7.58. The van der Waals surface area contributed by atoms with E-state index in [1.165, 1.54) is 13.1 Å². The number of rotatable bonds is 4. The molecular formula is C18H22N2O3U. The second-order valence-electron chi connectivity index (χ2n) is 5.59. The molecule has 0 saturated heterocycles. The fourth-order valence-corrected chi connectivity index (χ4v) is 2.30. The van der Waals surface area contributed by atoms with Crippen LogP contribution in [-0.4, -0.2) is 22.3 Å². The number of hydrogen-bond donors (Lipinski definition) is 1.